The smallest absolute Gasteiger partial charge is 0.408 e. The number of carbonyl (C=O) groups excluding carboxylic acids is 4. The maximum Gasteiger partial charge on any atom is 0.408 e. The lowest BCUT2D eigenvalue weighted by atomic mass is 9.97. The van der Waals surface area contributed by atoms with Crippen LogP contribution in [0.1, 0.15) is 53.5 Å². The number of rotatable bonds is 10. The number of nitrogens with two attached hydrogens (primary N) is 1. The molecule has 9 heteroatoms. The van der Waals surface area contributed by atoms with Gasteiger partial charge < -0.3 is 26.4 Å². The standard InChI is InChI=1S/C23H36N4O5/c1-7-14(2)18(27-20(29)15(3)25-22(31)32-23(4,5)6)21(30)26-17(19(24)28)13-16-11-9-8-10-12-16/h8-12,14-15,17-18H,7,13H2,1-6H3,(H2,24,28)(H,25,31)(H,26,30)(H,27,29)/t14-,15+,17-,18-/m0/s1. The Morgan fingerprint density at radius 1 is 0.969 bits per heavy atom. The van der Waals surface area contributed by atoms with Crippen molar-refractivity contribution in [2.24, 2.45) is 11.7 Å². The van der Waals surface area contributed by atoms with Gasteiger partial charge in [-0.15, -0.1) is 0 Å². The van der Waals surface area contributed by atoms with E-state index in [1.165, 1.54) is 6.92 Å². The van der Waals surface area contributed by atoms with Crippen LogP contribution >= 0.6 is 0 Å². The topological polar surface area (TPSA) is 140 Å². The number of primary amides is 1. The molecule has 4 amide bonds. The number of benzene rings is 1. The number of nitrogens with one attached hydrogen (secondary N) is 3. The molecule has 1 aromatic rings. The molecular formula is C23H36N4O5. The second-order valence-electron chi connectivity index (χ2n) is 8.89. The molecule has 32 heavy (non-hydrogen) atoms. The highest BCUT2D eigenvalue weighted by atomic mass is 16.6. The first-order valence-corrected chi connectivity index (χ1v) is 10.8. The Morgan fingerprint density at radius 2 is 1.56 bits per heavy atom. The fraction of sp³-hybridized carbons (Fsp3) is 0.565. The van der Waals surface area contributed by atoms with Crippen LogP contribution < -0.4 is 21.7 Å². The lowest BCUT2D eigenvalue weighted by Crippen LogP contribution is -2.58. The molecule has 0 saturated heterocycles. The molecule has 0 spiro atoms. The van der Waals surface area contributed by atoms with Gasteiger partial charge in [0.25, 0.3) is 0 Å². The van der Waals surface area contributed by atoms with Gasteiger partial charge in [0.15, 0.2) is 0 Å². The summed E-state index contributed by atoms with van der Waals surface area (Å²) in [5.74, 6) is -1.96. The van der Waals surface area contributed by atoms with Crippen molar-refractivity contribution in [3.8, 4) is 0 Å². The van der Waals surface area contributed by atoms with E-state index in [0.29, 0.717) is 6.42 Å². The molecule has 0 fully saturated rings. The summed E-state index contributed by atoms with van der Waals surface area (Å²) in [5.41, 5.74) is 5.63. The molecule has 178 valence electrons. The van der Waals surface area contributed by atoms with Gasteiger partial charge in [0.05, 0.1) is 0 Å². The Hall–Kier alpha value is -3.10. The van der Waals surface area contributed by atoms with Crippen LogP contribution in [0.2, 0.25) is 0 Å². The van der Waals surface area contributed by atoms with E-state index in [1.807, 2.05) is 44.2 Å². The molecule has 0 aliphatic rings. The third kappa shape index (κ3) is 9.36. The fourth-order valence-corrected chi connectivity index (χ4v) is 2.86. The summed E-state index contributed by atoms with van der Waals surface area (Å²) in [4.78, 5) is 49.5. The van der Waals surface area contributed by atoms with E-state index in [-0.39, 0.29) is 12.3 Å². The van der Waals surface area contributed by atoms with Crippen LogP contribution in [0, 0.1) is 5.92 Å². The van der Waals surface area contributed by atoms with Crippen molar-refractivity contribution >= 4 is 23.8 Å². The Labute approximate surface area is 189 Å². The molecule has 4 atom stereocenters. The van der Waals surface area contributed by atoms with Crippen molar-refractivity contribution in [1.29, 1.82) is 0 Å². The van der Waals surface area contributed by atoms with Gasteiger partial charge in [-0.1, -0.05) is 50.6 Å². The van der Waals surface area contributed by atoms with E-state index in [4.69, 9.17) is 10.5 Å². The molecular weight excluding hydrogens is 412 g/mol. The average molecular weight is 449 g/mol. The summed E-state index contributed by atoms with van der Waals surface area (Å²) in [5, 5.41) is 7.78. The molecule has 0 unspecified atom stereocenters. The largest absolute Gasteiger partial charge is 0.444 e. The number of alkyl carbamates (subject to hydrolysis) is 1. The molecule has 1 rings (SSSR count). The first kappa shape index (κ1) is 26.9. The van der Waals surface area contributed by atoms with Gasteiger partial charge in [-0.2, -0.15) is 0 Å². The van der Waals surface area contributed by atoms with Crippen LogP contribution in [0.15, 0.2) is 30.3 Å². The van der Waals surface area contributed by atoms with Crippen molar-refractivity contribution in [1.82, 2.24) is 16.0 Å². The van der Waals surface area contributed by atoms with Gasteiger partial charge in [-0.25, -0.2) is 4.79 Å². The molecule has 0 radical (unpaired) electrons. The average Bonchev–Trinajstić information content (AvgIpc) is 2.69. The van der Waals surface area contributed by atoms with Crippen molar-refractivity contribution in [2.45, 2.75) is 78.1 Å². The molecule has 0 aliphatic heterocycles. The molecule has 5 N–H and O–H groups in total. The van der Waals surface area contributed by atoms with Gasteiger partial charge in [0, 0.05) is 6.42 Å². The summed E-state index contributed by atoms with van der Waals surface area (Å²) in [6.45, 7) is 10.3. The van der Waals surface area contributed by atoms with Crippen LogP contribution in [0.5, 0.6) is 0 Å². The van der Waals surface area contributed by atoms with Crippen LogP contribution in [0.25, 0.3) is 0 Å². The summed E-state index contributed by atoms with van der Waals surface area (Å²) in [6, 6.07) is 6.41. The molecule has 1 aromatic carbocycles. The van der Waals surface area contributed by atoms with Crippen molar-refractivity contribution in [3.05, 3.63) is 35.9 Å². The van der Waals surface area contributed by atoms with Crippen LogP contribution in [0.3, 0.4) is 0 Å². The zero-order chi connectivity index (χ0) is 24.5. The van der Waals surface area contributed by atoms with E-state index in [9.17, 15) is 19.2 Å². The summed E-state index contributed by atoms with van der Waals surface area (Å²) in [7, 11) is 0. The lowest BCUT2D eigenvalue weighted by Gasteiger charge is -2.27. The Balaban J connectivity index is 2.85. The molecule has 0 saturated carbocycles. The monoisotopic (exact) mass is 448 g/mol. The number of hydrogen-bond donors (Lipinski definition) is 4. The predicted molar refractivity (Wildman–Crippen MR) is 121 cm³/mol. The van der Waals surface area contributed by atoms with E-state index in [0.717, 1.165) is 5.56 Å². The number of ether oxygens (including phenoxy) is 1. The van der Waals surface area contributed by atoms with Gasteiger partial charge >= 0.3 is 6.09 Å². The minimum atomic E-state index is -0.930. The van der Waals surface area contributed by atoms with Crippen molar-refractivity contribution in [3.63, 3.8) is 0 Å². The molecule has 0 aromatic heterocycles. The number of hydrogen-bond acceptors (Lipinski definition) is 5. The molecule has 9 nitrogen and oxygen atoms in total. The zero-order valence-corrected chi connectivity index (χ0v) is 19.7. The summed E-state index contributed by atoms with van der Waals surface area (Å²) < 4.78 is 5.15. The normalized spacial score (nSPS) is 14.9. The quantitative estimate of drug-likeness (QED) is 0.431. The van der Waals surface area contributed by atoms with Crippen molar-refractivity contribution < 1.29 is 23.9 Å². The van der Waals surface area contributed by atoms with E-state index < -0.39 is 47.5 Å². The Kier molecular flexibility index (Phi) is 10.2. The van der Waals surface area contributed by atoms with Crippen molar-refractivity contribution in [2.75, 3.05) is 0 Å². The van der Waals surface area contributed by atoms with E-state index in [2.05, 4.69) is 16.0 Å². The second-order valence-corrected chi connectivity index (χ2v) is 8.89. The summed E-state index contributed by atoms with van der Waals surface area (Å²) >= 11 is 0. The zero-order valence-electron chi connectivity index (χ0n) is 19.7. The molecule has 0 heterocycles. The lowest BCUT2D eigenvalue weighted by molar-refractivity contribution is -0.133. The van der Waals surface area contributed by atoms with Gasteiger partial charge in [0.1, 0.15) is 23.7 Å². The fourth-order valence-electron chi connectivity index (χ4n) is 2.86. The number of amides is 4. The second kappa shape index (κ2) is 12.1. The Morgan fingerprint density at radius 3 is 2.06 bits per heavy atom. The van der Waals surface area contributed by atoms with Crippen LogP contribution in [0.4, 0.5) is 4.79 Å². The highest BCUT2D eigenvalue weighted by molar-refractivity contribution is 5.93. The predicted octanol–water partition coefficient (Wildman–Crippen LogP) is 1.64. The maximum absolute atomic E-state index is 13.0. The van der Waals surface area contributed by atoms with E-state index in [1.54, 1.807) is 20.8 Å². The minimum absolute atomic E-state index is 0.224. The van der Waals surface area contributed by atoms with E-state index >= 15 is 0 Å². The third-order valence-corrected chi connectivity index (χ3v) is 4.86. The van der Waals surface area contributed by atoms with Gasteiger partial charge in [0.2, 0.25) is 17.7 Å². The maximum atomic E-state index is 13.0. The molecule has 0 bridgehead atoms. The summed E-state index contributed by atoms with van der Waals surface area (Å²) in [6.07, 6.45) is 0.104. The van der Waals surface area contributed by atoms with Crippen LogP contribution in [-0.4, -0.2) is 47.5 Å². The Bertz CT molecular complexity index is 791. The first-order chi connectivity index (χ1) is 14.8. The number of carbonyl (C=O) groups is 4. The van der Waals surface area contributed by atoms with Crippen LogP contribution in [-0.2, 0) is 25.5 Å². The molecule has 0 aliphatic carbocycles. The SMILES string of the molecule is CC[C@H](C)[C@H](NC(=O)[C@@H](C)NC(=O)OC(C)(C)C)C(=O)N[C@@H](Cc1ccccc1)C(N)=O. The van der Waals surface area contributed by atoms with Gasteiger partial charge in [-0.3, -0.25) is 14.4 Å². The van der Waals surface area contributed by atoms with Gasteiger partial charge in [-0.05, 0) is 39.2 Å². The first-order valence-electron chi connectivity index (χ1n) is 10.8. The highest BCUT2D eigenvalue weighted by Crippen LogP contribution is 2.11. The highest BCUT2D eigenvalue weighted by Gasteiger charge is 2.31. The third-order valence-electron chi connectivity index (χ3n) is 4.86. The minimum Gasteiger partial charge on any atom is -0.444 e.